The second kappa shape index (κ2) is 9.22. The zero-order valence-corrected chi connectivity index (χ0v) is 15.1. The molecule has 0 saturated heterocycles. The third kappa shape index (κ3) is 5.47. The minimum atomic E-state index is -1.12. The van der Waals surface area contributed by atoms with Crippen molar-refractivity contribution in [2.24, 2.45) is 0 Å². The van der Waals surface area contributed by atoms with Crippen molar-refractivity contribution >= 4 is 11.8 Å². The molecule has 0 bridgehead atoms. The number of hydrogen-bond donors (Lipinski definition) is 4. The van der Waals surface area contributed by atoms with Crippen molar-refractivity contribution < 1.29 is 19.7 Å². The molecular weight excluding hydrogens is 332 g/mol. The van der Waals surface area contributed by atoms with Crippen molar-refractivity contribution in [1.29, 1.82) is 0 Å². The molecule has 2 atom stereocenters. The molecule has 0 saturated carbocycles. The highest BCUT2D eigenvalue weighted by molar-refractivity contribution is 5.67. The Hall–Kier alpha value is -2.57. The Bertz CT molecular complexity index is 734. The molecule has 1 amide bonds. The summed E-state index contributed by atoms with van der Waals surface area (Å²) in [5, 5.41) is 23.1. The highest BCUT2D eigenvalue weighted by atomic mass is 16.5. The number of carbonyl (C=O) groups is 1. The molecule has 2 aromatic rings. The van der Waals surface area contributed by atoms with Gasteiger partial charge in [-0.1, -0.05) is 48.0 Å². The van der Waals surface area contributed by atoms with Crippen molar-refractivity contribution in [2.75, 3.05) is 12.3 Å². The van der Waals surface area contributed by atoms with Crippen LogP contribution in [0.4, 0.5) is 10.5 Å². The topological polar surface area (TPSA) is 105 Å². The van der Waals surface area contributed by atoms with E-state index in [9.17, 15) is 15.0 Å². The summed E-state index contributed by atoms with van der Waals surface area (Å²) < 4.78 is 5.09. The first-order valence-electron chi connectivity index (χ1n) is 8.55. The van der Waals surface area contributed by atoms with Crippen LogP contribution in [-0.4, -0.2) is 29.0 Å². The average Bonchev–Trinajstić information content (AvgIpc) is 2.63. The third-order valence-corrected chi connectivity index (χ3v) is 4.17. The Balaban J connectivity index is 1.79. The second-order valence-electron chi connectivity index (χ2n) is 6.37. The van der Waals surface area contributed by atoms with Gasteiger partial charge in [0.2, 0.25) is 0 Å². The summed E-state index contributed by atoms with van der Waals surface area (Å²) in [6.45, 7) is 4.11. The van der Waals surface area contributed by atoms with Crippen LogP contribution in [0.2, 0.25) is 0 Å². The number of aliphatic hydroxyl groups is 2. The lowest BCUT2D eigenvalue weighted by atomic mass is 9.96. The van der Waals surface area contributed by atoms with Crippen LogP contribution in [0.1, 0.15) is 34.8 Å². The number of benzene rings is 2. The molecule has 0 aliphatic rings. The number of nitrogen functional groups attached to an aromatic ring is 1. The van der Waals surface area contributed by atoms with E-state index in [0.717, 1.165) is 16.7 Å². The molecule has 0 aliphatic carbocycles. The van der Waals surface area contributed by atoms with Crippen LogP contribution in [0.5, 0.6) is 0 Å². The molecule has 0 aromatic heterocycles. The lowest BCUT2D eigenvalue weighted by Gasteiger charge is -2.21. The van der Waals surface area contributed by atoms with Gasteiger partial charge in [0.05, 0.1) is 6.10 Å². The first-order chi connectivity index (χ1) is 12.4. The summed E-state index contributed by atoms with van der Waals surface area (Å²) in [7, 11) is 0. The van der Waals surface area contributed by atoms with Gasteiger partial charge in [0, 0.05) is 17.8 Å². The largest absolute Gasteiger partial charge is 0.445 e. The summed E-state index contributed by atoms with van der Waals surface area (Å²) in [6, 6.07) is 13.0. The van der Waals surface area contributed by atoms with Gasteiger partial charge in [-0.25, -0.2) is 4.79 Å². The van der Waals surface area contributed by atoms with Gasteiger partial charge in [-0.15, -0.1) is 0 Å². The molecule has 0 fully saturated rings. The number of aryl methyl sites for hydroxylation is 2. The first kappa shape index (κ1) is 19.8. The monoisotopic (exact) mass is 358 g/mol. The Labute approximate surface area is 153 Å². The average molecular weight is 358 g/mol. The molecule has 6 heteroatoms. The summed E-state index contributed by atoms with van der Waals surface area (Å²) in [5.74, 6) is 0. The van der Waals surface area contributed by atoms with Crippen LogP contribution >= 0.6 is 0 Å². The fourth-order valence-corrected chi connectivity index (χ4v) is 2.72. The first-order valence-corrected chi connectivity index (χ1v) is 8.55. The van der Waals surface area contributed by atoms with Crippen LogP contribution < -0.4 is 11.1 Å². The van der Waals surface area contributed by atoms with Gasteiger partial charge in [0.1, 0.15) is 12.7 Å². The van der Waals surface area contributed by atoms with Crippen LogP contribution in [0.25, 0.3) is 0 Å². The van der Waals surface area contributed by atoms with E-state index in [1.807, 2.05) is 50.2 Å². The minimum absolute atomic E-state index is 0.175. The maximum absolute atomic E-state index is 11.7. The van der Waals surface area contributed by atoms with Crippen LogP contribution in [0, 0.1) is 13.8 Å². The van der Waals surface area contributed by atoms with Crippen LogP contribution in [-0.2, 0) is 11.3 Å². The Morgan fingerprint density at radius 3 is 2.58 bits per heavy atom. The molecule has 0 spiro atoms. The number of ether oxygens (including phenoxy) is 1. The van der Waals surface area contributed by atoms with E-state index in [4.69, 9.17) is 10.5 Å². The summed E-state index contributed by atoms with van der Waals surface area (Å²) >= 11 is 0. The lowest BCUT2D eigenvalue weighted by Crippen LogP contribution is -2.30. The van der Waals surface area contributed by atoms with Gasteiger partial charge in [0.25, 0.3) is 0 Å². The van der Waals surface area contributed by atoms with Gasteiger partial charge < -0.3 is 26.0 Å². The maximum atomic E-state index is 11.7. The molecule has 0 aliphatic heterocycles. The second-order valence-corrected chi connectivity index (χ2v) is 6.37. The molecule has 140 valence electrons. The van der Waals surface area contributed by atoms with E-state index in [1.165, 1.54) is 0 Å². The van der Waals surface area contributed by atoms with Crippen molar-refractivity contribution in [3.05, 3.63) is 64.7 Å². The van der Waals surface area contributed by atoms with Gasteiger partial charge in [-0.3, -0.25) is 0 Å². The molecule has 0 heterocycles. The fourth-order valence-electron chi connectivity index (χ4n) is 2.72. The molecule has 2 rings (SSSR count). The number of aliphatic hydroxyl groups excluding tert-OH is 2. The molecule has 5 N–H and O–H groups in total. The van der Waals surface area contributed by atoms with Gasteiger partial charge in [-0.2, -0.15) is 0 Å². The number of rotatable bonds is 7. The van der Waals surface area contributed by atoms with Crippen molar-refractivity contribution in [1.82, 2.24) is 5.32 Å². The van der Waals surface area contributed by atoms with E-state index < -0.39 is 18.3 Å². The Morgan fingerprint density at radius 2 is 1.88 bits per heavy atom. The number of nitrogens with one attached hydrogen (secondary N) is 1. The molecule has 2 unspecified atom stereocenters. The van der Waals surface area contributed by atoms with Crippen molar-refractivity contribution in [3.63, 3.8) is 0 Å². The van der Waals surface area contributed by atoms with E-state index in [0.29, 0.717) is 11.3 Å². The van der Waals surface area contributed by atoms with Crippen molar-refractivity contribution in [3.8, 4) is 0 Å². The Kier molecular flexibility index (Phi) is 7.00. The summed E-state index contributed by atoms with van der Waals surface area (Å²) in [5.41, 5.74) is 9.68. The van der Waals surface area contributed by atoms with Gasteiger partial charge in [0.15, 0.2) is 0 Å². The zero-order chi connectivity index (χ0) is 19.1. The highest BCUT2D eigenvalue weighted by Crippen LogP contribution is 2.28. The minimum Gasteiger partial charge on any atom is -0.445 e. The van der Waals surface area contributed by atoms with Crippen LogP contribution in [0.15, 0.2) is 42.5 Å². The third-order valence-electron chi connectivity index (χ3n) is 4.17. The number of nitrogens with two attached hydrogens (primary N) is 1. The normalized spacial score (nSPS) is 13.1. The fraction of sp³-hybridized carbons (Fsp3) is 0.350. The quantitative estimate of drug-likeness (QED) is 0.570. The number of alkyl carbamates (subject to hydrolysis) is 1. The SMILES string of the molecule is Cc1cc(C)c(N)c(C(O)C(O)CCNC(=O)OCc2ccccc2)c1. The lowest BCUT2D eigenvalue weighted by molar-refractivity contribution is 0.0140. The smallest absolute Gasteiger partial charge is 0.407 e. The zero-order valence-electron chi connectivity index (χ0n) is 15.1. The maximum Gasteiger partial charge on any atom is 0.407 e. The summed E-state index contributed by atoms with van der Waals surface area (Å²) in [6.07, 6.45) is -2.56. The number of hydrogen-bond acceptors (Lipinski definition) is 5. The van der Waals surface area contributed by atoms with Crippen LogP contribution in [0.3, 0.4) is 0 Å². The molecular formula is C20H26N2O4. The predicted molar refractivity (Wildman–Crippen MR) is 101 cm³/mol. The summed E-state index contributed by atoms with van der Waals surface area (Å²) in [4.78, 5) is 11.7. The van der Waals surface area contributed by atoms with E-state index >= 15 is 0 Å². The highest BCUT2D eigenvalue weighted by Gasteiger charge is 2.21. The number of carbonyl (C=O) groups excluding carboxylic acids is 1. The number of anilines is 1. The van der Waals surface area contributed by atoms with E-state index in [2.05, 4.69) is 5.32 Å². The molecule has 2 aromatic carbocycles. The molecule has 26 heavy (non-hydrogen) atoms. The van der Waals surface area contributed by atoms with Gasteiger partial charge in [-0.05, 0) is 31.4 Å². The molecule has 0 radical (unpaired) electrons. The van der Waals surface area contributed by atoms with Gasteiger partial charge >= 0.3 is 6.09 Å². The van der Waals surface area contributed by atoms with E-state index in [1.54, 1.807) is 6.07 Å². The Morgan fingerprint density at radius 1 is 1.19 bits per heavy atom. The van der Waals surface area contributed by atoms with E-state index in [-0.39, 0.29) is 19.6 Å². The predicted octanol–water partition coefficient (Wildman–Crippen LogP) is 2.60. The van der Waals surface area contributed by atoms with Crippen molar-refractivity contribution in [2.45, 2.75) is 39.1 Å². The standard InChI is InChI=1S/C20H26N2O4/c1-13-10-14(2)18(21)16(11-13)19(24)17(23)8-9-22-20(25)26-12-15-6-4-3-5-7-15/h3-7,10-11,17,19,23-24H,8-9,12,21H2,1-2H3,(H,22,25). The molecule has 6 nitrogen and oxygen atoms in total. The number of amides is 1.